The third-order valence-corrected chi connectivity index (χ3v) is 4.22. The third kappa shape index (κ3) is 6.46. The van der Waals surface area contributed by atoms with Crippen LogP contribution in [0.5, 0.6) is 0 Å². The van der Waals surface area contributed by atoms with Crippen LogP contribution in [0.2, 0.25) is 0 Å². The molecule has 0 aromatic heterocycles. The van der Waals surface area contributed by atoms with Gasteiger partial charge in [-0.25, -0.2) is 4.99 Å². The number of carbonyl (C=O) groups is 1. The number of carbonyl (C=O) groups excluding carboxylic acids is 1. The summed E-state index contributed by atoms with van der Waals surface area (Å²) in [7, 11) is 7.66. The van der Waals surface area contributed by atoms with Crippen LogP contribution in [-0.4, -0.2) is 53.3 Å². The zero-order chi connectivity index (χ0) is 15.3. The van der Waals surface area contributed by atoms with E-state index in [1.807, 2.05) is 50.1 Å². The second kappa shape index (κ2) is 9.02. The van der Waals surface area contributed by atoms with Crippen LogP contribution in [0.1, 0.15) is 17.3 Å². The zero-order valence-electron chi connectivity index (χ0n) is 12.8. The van der Waals surface area contributed by atoms with E-state index in [9.17, 15) is 4.79 Å². The van der Waals surface area contributed by atoms with Gasteiger partial charge >= 0.3 is 0 Å². The van der Waals surface area contributed by atoms with Gasteiger partial charge in [-0.15, -0.1) is 12.4 Å². The minimum Gasteiger partial charge on any atom is -0.363 e. The van der Waals surface area contributed by atoms with Crippen molar-refractivity contribution >= 4 is 57.3 Å². The lowest BCUT2D eigenvalue weighted by molar-refractivity contribution is 0.101. The third-order valence-electron chi connectivity index (χ3n) is 2.42. The molecule has 0 radical (unpaired) electrons. The highest BCUT2D eigenvalue weighted by atomic mass is 35.5. The highest BCUT2D eigenvalue weighted by Gasteiger charge is 2.09. The highest BCUT2D eigenvalue weighted by molar-refractivity contribution is 8.32. The molecule has 1 rings (SSSR count). The monoisotopic (exact) mass is 345 g/mol. The van der Waals surface area contributed by atoms with Crippen molar-refractivity contribution in [3.63, 3.8) is 0 Å². The first-order chi connectivity index (χ1) is 9.31. The summed E-state index contributed by atoms with van der Waals surface area (Å²) in [6.45, 7) is 1.55. The smallest absolute Gasteiger partial charge is 0.170 e. The van der Waals surface area contributed by atoms with Crippen molar-refractivity contribution in [3.8, 4) is 0 Å². The first-order valence-electron chi connectivity index (χ1n) is 6.07. The quantitative estimate of drug-likeness (QED) is 0.355. The molecule has 21 heavy (non-hydrogen) atoms. The predicted molar refractivity (Wildman–Crippen MR) is 98.4 cm³/mol. The van der Waals surface area contributed by atoms with E-state index in [0.717, 1.165) is 15.2 Å². The van der Waals surface area contributed by atoms with Gasteiger partial charge < -0.3 is 9.80 Å². The number of nitrogens with zero attached hydrogens (tertiary/aromatic N) is 3. The van der Waals surface area contributed by atoms with Gasteiger partial charge in [0.15, 0.2) is 11.0 Å². The number of thioether (sulfide) groups is 1. The van der Waals surface area contributed by atoms with E-state index in [1.54, 1.807) is 19.1 Å². The molecule has 116 valence electrons. The lowest BCUT2D eigenvalue weighted by Crippen LogP contribution is -2.24. The summed E-state index contributed by atoms with van der Waals surface area (Å²) in [5.74, 6) is 0.0523. The van der Waals surface area contributed by atoms with Crippen LogP contribution in [0, 0.1) is 0 Å². The Morgan fingerprint density at radius 3 is 2.00 bits per heavy atom. The lowest BCUT2D eigenvalue weighted by atomic mass is 10.1. The number of hydrogen-bond donors (Lipinski definition) is 0. The number of ketones is 1. The molecule has 7 heteroatoms. The van der Waals surface area contributed by atoms with Gasteiger partial charge in [-0.1, -0.05) is 12.2 Å². The molecule has 0 aliphatic rings. The molecular weight excluding hydrogens is 326 g/mol. The Morgan fingerprint density at radius 1 is 1.10 bits per heavy atom. The van der Waals surface area contributed by atoms with Gasteiger partial charge in [-0.3, -0.25) is 4.79 Å². The molecule has 0 bridgehead atoms. The summed E-state index contributed by atoms with van der Waals surface area (Å²) in [5, 5.41) is 0.805. The largest absolute Gasteiger partial charge is 0.363 e. The number of aliphatic imine (C=N–C) groups is 1. The SMILES string of the molecule is CC(=O)c1ccc(/N=C(/SC(=S)N(C)C)N(C)C)cc1.Cl. The summed E-state index contributed by atoms with van der Waals surface area (Å²) >= 11 is 6.71. The fourth-order valence-corrected chi connectivity index (χ4v) is 2.16. The Morgan fingerprint density at radius 2 is 1.62 bits per heavy atom. The topological polar surface area (TPSA) is 35.9 Å². The minimum absolute atomic E-state index is 0. The van der Waals surface area contributed by atoms with Crippen molar-refractivity contribution in [2.75, 3.05) is 28.2 Å². The molecular formula is C14H20ClN3OS2. The van der Waals surface area contributed by atoms with Crippen LogP contribution >= 0.6 is 36.4 Å². The number of hydrogen-bond acceptors (Lipinski definition) is 4. The van der Waals surface area contributed by atoms with Gasteiger partial charge in [0, 0.05) is 33.8 Å². The molecule has 0 aliphatic carbocycles. The highest BCUT2D eigenvalue weighted by Crippen LogP contribution is 2.19. The van der Waals surface area contributed by atoms with Crippen LogP contribution in [0.25, 0.3) is 0 Å². The van der Waals surface area contributed by atoms with Crippen LogP contribution in [0.3, 0.4) is 0 Å². The van der Waals surface area contributed by atoms with E-state index in [1.165, 1.54) is 11.8 Å². The molecule has 1 aromatic carbocycles. The average Bonchev–Trinajstić information content (AvgIpc) is 2.38. The van der Waals surface area contributed by atoms with Crippen molar-refractivity contribution in [1.82, 2.24) is 9.80 Å². The first-order valence-corrected chi connectivity index (χ1v) is 7.30. The second-order valence-corrected chi connectivity index (χ2v) is 6.26. The van der Waals surface area contributed by atoms with Gasteiger partial charge in [0.25, 0.3) is 0 Å². The molecule has 0 saturated heterocycles. The Balaban J connectivity index is 0.00000400. The van der Waals surface area contributed by atoms with Gasteiger partial charge in [0.2, 0.25) is 0 Å². The van der Waals surface area contributed by atoms with Crippen molar-refractivity contribution in [2.24, 2.45) is 4.99 Å². The number of Topliss-reactive ketones (excluding diaryl/α,β-unsaturated/α-hetero) is 1. The molecule has 0 saturated carbocycles. The van der Waals surface area contributed by atoms with Gasteiger partial charge in [0.05, 0.1) is 5.69 Å². The second-order valence-electron chi connectivity index (χ2n) is 4.65. The molecule has 0 amide bonds. The van der Waals surface area contributed by atoms with Crippen molar-refractivity contribution in [2.45, 2.75) is 6.92 Å². The van der Waals surface area contributed by atoms with E-state index in [0.29, 0.717) is 5.56 Å². The van der Waals surface area contributed by atoms with Crippen LogP contribution < -0.4 is 0 Å². The molecule has 0 atom stereocenters. The zero-order valence-corrected chi connectivity index (χ0v) is 15.2. The molecule has 1 aromatic rings. The average molecular weight is 346 g/mol. The normalized spacial score (nSPS) is 10.6. The van der Waals surface area contributed by atoms with E-state index < -0.39 is 0 Å². The fraction of sp³-hybridized carbons (Fsp3) is 0.357. The van der Waals surface area contributed by atoms with Crippen molar-refractivity contribution < 1.29 is 4.79 Å². The molecule has 0 heterocycles. The van der Waals surface area contributed by atoms with Gasteiger partial charge in [-0.2, -0.15) is 0 Å². The van der Waals surface area contributed by atoms with E-state index in [4.69, 9.17) is 12.2 Å². The Hall–Kier alpha value is -1.11. The fourth-order valence-electron chi connectivity index (χ4n) is 1.26. The summed E-state index contributed by atoms with van der Waals surface area (Å²) in [6.07, 6.45) is 0. The lowest BCUT2D eigenvalue weighted by Gasteiger charge is -2.18. The van der Waals surface area contributed by atoms with Crippen molar-refractivity contribution in [3.05, 3.63) is 29.8 Å². The first kappa shape index (κ1) is 19.9. The Bertz CT molecular complexity index is 528. The number of rotatable bonds is 2. The maximum absolute atomic E-state index is 11.2. The molecule has 0 fully saturated rings. The molecule has 0 aliphatic heterocycles. The molecule has 0 unspecified atom stereocenters. The summed E-state index contributed by atoms with van der Waals surface area (Å²) in [6, 6.07) is 7.23. The predicted octanol–water partition coefficient (Wildman–Crippen LogP) is 3.44. The molecule has 4 nitrogen and oxygen atoms in total. The van der Waals surface area contributed by atoms with Crippen molar-refractivity contribution in [1.29, 1.82) is 0 Å². The maximum Gasteiger partial charge on any atom is 0.170 e. The van der Waals surface area contributed by atoms with Crippen LogP contribution in [-0.2, 0) is 0 Å². The molecule has 0 N–H and O–H groups in total. The van der Waals surface area contributed by atoms with E-state index >= 15 is 0 Å². The summed E-state index contributed by atoms with van der Waals surface area (Å²) in [5.41, 5.74) is 1.49. The Kier molecular flexibility index (Phi) is 8.54. The van der Waals surface area contributed by atoms with E-state index in [-0.39, 0.29) is 18.2 Å². The number of halogens is 1. The standard InChI is InChI=1S/C14H19N3OS2.ClH/c1-10(18)11-6-8-12(9-7-11)15-13(16(2)3)20-14(19)17(4)5;/h6-9H,1-5H3;1H/b15-13+;. The van der Waals surface area contributed by atoms with Crippen LogP contribution in [0.15, 0.2) is 29.3 Å². The molecule has 0 spiro atoms. The maximum atomic E-state index is 11.2. The number of benzene rings is 1. The Labute approximate surface area is 142 Å². The van der Waals surface area contributed by atoms with Gasteiger partial charge in [-0.05, 0) is 43.0 Å². The van der Waals surface area contributed by atoms with Gasteiger partial charge in [0.1, 0.15) is 4.32 Å². The summed E-state index contributed by atoms with van der Waals surface area (Å²) in [4.78, 5) is 19.6. The van der Waals surface area contributed by atoms with E-state index in [2.05, 4.69) is 4.99 Å². The number of thiocarbonyl (C=S) groups is 1. The van der Waals surface area contributed by atoms with Crippen LogP contribution in [0.4, 0.5) is 5.69 Å². The number of amidine groups is 1. The minimum atomic E-state index is 0. The summed E-state index contributed by atoms with van der Waals surface area (Å²) < 4.78 is 0.748.